The van der Waals surface area contributed by atoms with Crippen LogP contribution >= 0.6 is 11.6 Å². The molecule has 2 aromatic rings. The van der Waals surface area contributed by atoms with Crippen LogP contribution in [0.15, 0.2) is 30.6 Å². The van der Waals surface area contributed by atoms with Gasteiger partial charge in [0.1, 0.15) is 11.4 Å². The van der Waals surface area contributed by atoms with Gasteiger partial charge in [-0.15, -0.1) is 0 Å². The molecule has 2 aromatic heterocycles. The van der Waals surface area contributed by atoms with Gasteiger partial charge in [0, 0.05) is 24.4 Å². The molecular weight excluding hydrogens is 295 g/mol. The van der Waals surface area contributed by atoms with Crippen molar-refractivity contribution < 1.29 is 17.9 Å². The van der Waals surface area contributed by atoms with Crippen molar-refractivity contribution in [2.45, 2.75) is 12.7 Å². The van der Waals surface area contributed by atoms with Crippen LogP contribution in [0.3, 0.4) is 0 Å². The molecule has 0 saturated heterocycles. The molecule has 20 heavy (non-hydrogen) atoms. The molecule has 0 aliphatic carbocycles. The third-order valence-corrected chi connectivity index (χ3v) is 2.55. The third kappa shape index (κ3) is 3.37. The molecule has 0 aliphatic rings. The molecule has 4 nitrogen and oxygen atoms in total. The Hall–Kier alpha value is -1.86. The first-order valence-electron chi connectivity index (χ1n) is 5.45. The van der Waals surface area contributed by atoms with E-state index >= 15 is 0 Å². The number of rotatable bonds is 3. The van der Waals surface area contributed by atoms with E-state index in [1.807, 2.05) is 0 Å². The van der Waals surface area contributed by atoms with Gasteiger partial charge in [0.2, 0.25) is 5.88 Å². The maximum absolute atomic E-state index is 12.6. The maximum atomic E-state index is 12.6. The first-order valence-corrected chi connectivity index (χ1v) is 5.83. The summed E-state index contributed by atoms with van der Waals surface area (Å²) in [5, 5.41) is 0.295. The highest BCUT2D eigenvalue weighted by molar-refractivity contribution is 6.30. The fourth-order valence-corrected chi connectivity index (χ4v) is 1.59. The monoisotopic (exact) mass is 303 g/mol. The zero-order valence-corrected chi connectivity index (χ0v) is 10.7. The summed E-state index contributed by atoms with van der Waals surface area (Å²) >= 11 is 5.72. The van der Waals surface area contributed by atoms with Crippen LogP contribution in [0.4, 0.5) is 13.2 Å². The van der Waals surface area contributed by atoms with Gasteiger partial charge < -0.3 is 10.5 Å². The normalized spacial score (nSPS) is 11.4. The lowest BCUT2D eigenvalue weighted by Crippen LogP contribution is -2.10. The van der Waals surface area contributed by atoms with Crippen LogP contribution in [0.5, 0.6) is 11.6 Å². The minimum atomic E-state index is -4.56. The first kappa shape index (κ1) is 14.5. The molecular formula is C12H9ClF3N3O. The molecule has 0 bridgehead atoms. The lowest BCUT2D eigenvalue weighted by molar-refractivity contribution is -0.141. The lowest BCUT2D eigenvalue weighted by atomic mass is 10.2. The molecule has 0 unspecified atom stereocenters. The van der Waals surface area contributed by atoms with E-state index in [1.54, 1.807) is 0 Å². The molecule has 106 valence electrons. The highest BCUT2D eigenvalue weighted by atomic mass is 35.5. The van der Waals surface area contributed by atoms with E-state index in [9.17, 15) is 13.2 Å². The van der Waals surface area contributed by atoms with Gasteiger partial charge in [-0.05, 0) is 6.07 Å². The second-order valence-electron chi connectivity index (χ2n) is 3.80. The van der Waals surface area contributed by atoms with Crippen LogP contribution in [0.25, 0.3) is 0 Å². The van der Waals surface area contributed by atoms with Crippen LogP contribution in [0.1, 0.15) is 11.3 Å². The number of hydrogen-bond donors (Lipinski definition) is 1. The van der Waals surface area contributed by atoms with Crippen molar-refractivity contribution in [3.63, 3.8) is 0 Å². The topological polar surface area (TPSA) is 61.0 Å². The number of nitrogens with zero attached hydrogens (tertiary/aromatic N) is 2. The molecule has 0 spiro atoms. The Balaban J connectivity index is 2.38. The van der Waals surface area contributed by atoms with E-state index in [-0.39, 0.29) is 18.2 Å². The zero-order valence-electron chi connectivity index (χ0n) is 9.99. The fourth-order valence-electron chi connectivity index (χ4n) is 1.43. The standard InChI is InChI=1S/C12H9ClF3N3O/c13-8-3-9(6-18-5-8)20-11-7(4-17)1-2-10(19-11)12(14,15)16/h1-3,5-6H,4,17H2. The molecule has 0 aliphatic heterocycles. The van der Waals surface area contributed by atoms with E-state index in [2.05, 4.69) is 9.97 Å². The average Bonchev–Trinajstić information content (AvgIpc) is 2.37. The van der Waals surface area contributed by atoms with Crippen molar-refractivity contribution in [1.82, 2.24) is 9.97 Å². The summed E-state index contributed by atoms with van der Waals surface area (Å²) in [5.74, 6) is -0.0367. The van der Waals surface area contributed by atoms with Crippen molar-refractivity contribution in [1.29, 1.82) is 0 Å². The molecule has 8 heteroatoms. The highest BCUT2D eigenvalue weighted by Gasteiger charge is 2.33. The summed E-state index contributed by atoms with van der Waals surface area (Å²) < 4.78 is 43.2. The highest BCUT2D eigenvalue weighted by Crippen LogP contribution is 2.32. The molecule has 0 fully saturated rings. The number of alkyl halides is 3. The van der Waals surface area contributed by atoms with Gasteiger partial charge in [0.05, 0.1) is 11.2 Å². The van der Waals surface area contributed by atoms with E-state index < -0.39 is 11.9 Å². The van der Waals surface area contributed by atoms with Gasteiger partial charge in [-0.3, -0.25) is 4.98 Å². The summed E-state index contributed by atoms with van der Waals surface area (Å²) in [5.41, 5.74) is 4.74. The summed E-state index contributed by atoms with van der Waals surface area (Å²) in [6, 6.07) is 3.49. The van der Waals surface area contributed by atoms with E-state index in [4.69, 9.17) is 22.1 Å². The van der Waals surface area contributed by atoms with Crippen LogP contribution in [0, 0.1) is 0 Å². The molecule has 0 atom stereocenters. The number of aromatic nitrogens is 2. The summed E-state index contributed by atoms with van der Waals surface area (Å²) in [4.78, 5) is 7.21. The van der Waals surface area contributed by atoms with Gasteiger partial charge in [-0.25, -0.2) is 4.98 Å². The van der Waals surface area contributed by atoms with E-state index in [0.29, 0.717) is 10.6 Å². The van der Waals surface area contributed by atoms with Crippen LogP contribution < -0.4 is 10.5 Å². The zero-order chi connectivity index (χ0) is 14.8. The van der Waals surface area contributed by atoms with Crippen molar-refractivity contribution >= 4 is 11.6 Å². The molecule has 2 N–H and O–H groups in total. The Morgan fingerprint density at radius 1 is 1.25 bits per heavy atom. The first-order chi connectivity index (χ1) is 9.40. The van der Waals surface area contributed by atoms with E-state index in [0.717, 1.165) is 6.07 Å². The Labute approximate surface area is 117 Å². The summed E-state index contributed by atoms with van der Waals surface area (Å²) in [6.07, 6.45) is -1.87. The van der Waals surface area contributed by atoms with Crippen LogP contribution in [-0.2, 0) is 12.7 Å². The molecule has 2 heterocycles. The number of halogens is 4. The van der Waals surface area contributed by atoms with Gasteiger partial charge in [0.25, 0.3) is 0 Å². The Kier molecular flexibility index (Phi) is 4.10. The number of pyridine rings is 2. The number of nitrogens with two attached hydrogens (primary N) is 1. The number of hydrogen-bond acceptors (Lipinski definition) is 4. The second kappa shape index (κ2) is 5.64. The van der Waals surface area contributed by atoms with Crippen molar-refractivity contribution in [3.8, 4) is 11.6 Å². The largest absolute Gasteiger partial charge is 0.437 e. The minimum Gasteiger partial charge on any atom is -0.437 e. The predicted molar refractivity (Wildman–Crippen MR) is 66.5 cm³/mol. The van der Waals surface area contributed by atoms with Gasteiger partial charge >= 0.3 is 6.18 Å². The molecule has 2 rings (SSSR count). The second-order valence-corrected chi connectivity index (χ2v) is 4.24. The van der Waals surface area contributed by atoms with Crippen molar-refractivity contribution in [3.05, 3.63) is 46.9 Å². The molecule has 0 radical (unpaired) electrons. The summed E-state index contributed by atoms with van der Waals surface area (Å²) in [7, 11) is 0. The lowest BCUT2D eigenvalue weighted by Gasteiger charge is -2.12. The molecule has 0 amide bonds. The summed E-state index contributed by atoms with van der Waals surface area (Å²) in [6.45, 7) is -0.00549. The fraction of sp³-hybridized carbons (Fsp3) is 0.167. The average molecular weight is 304 g/mol. The van der Waals surface area contributed by atoms with Crippen molar-refractivity contribution in [2.75, 3.05) is 0 Å². The minimum absolute atomic E-state index is 0.00549. The maximum Gasteiger partial charge on any atom is 0.433 e. The Morgan fingerprint density at radius 3 is 2.60 bits per heavy atom. The SMILES string of the molecule is NCc1ccc(C(F)(F)F)nc1Oc1cncc(Cl)c1. The Bertz CT molecular complexity index is 619. The van der Waals surface area contributed by atoms with Crippen molar-refractivity contribution in [2.24, 2.45) is 5.73 Å². The molecule has 0 aromatic carbocycles. The molecule has 0 saturated carbocycles. The number of ether oxygens (including phenoxy) is 1. The Morgan fingerprint density at radius 2 is 2.00 bits per heavy atom. The predicted octanol–water partition coefficient (Wildman–Crippen LogP) is 3.40. The third-order valence-electron chi connectivity index (χ3n) is 2.34. The van der Waals surface area contributed by atoms with Gasteiger partial charge in [-0.1, -0.05) is 17.7 Å². The van der Waals surface area contributed by atoms with Crippen LogP contribution in [0.2, 0.25) is 5.02 Å². The van der Waals surface area contributed by atoms with E-state index in [1.165, 1.54) is 24.5 Å². The van der Waals surface area contributed by atoms with Gasteiger partial charge in [0.15, 0.2) is 0 Å². The smallest absolute Gasteiger partial charge is 0.433 e. The van der Waals surface area contributed by atoms with Crippen LogP contribution in [-0.4, -0.2) is 9.97 Å². The van der Waals surface area contributed by atoms with Gasteiger partial charge in [-0.2, -0.15) is 13.2 Å². The quantitative estimate of drug-likeness (QED) is 0.944.